The number of hydrogen-bond donors (Lipinski definition) is 1. The van der Waals surface area contributed by atoms with Crippen LogP contribution in [0.5, 0.6) is 0 Å². The molecule has 0 atom stereocenters. The van der Waals surface area contributed by atoms with Gasteiger partial charge in [0.05, 0.1) is 12.0 Å². The lowest BCUT2D eigenvalue weighted by molar-refractivity contribution is -0.140. The summed E-state index contributed by atoms with van der Waals surface area (Å²) in [5, 5.41) is 9.21. The van der Waals surface area contributed by atoms with Crippen molar-refractivity contribution in [2.45, 2.75) is 39.2 Å². The summed E-state index contributed by atoms with van der Waals surface area (Å²) >= 11 is 0. The van der Waals surface area contributed by atoms with Crippen LogP contribution >= 0.6 is 0 Å². The zero-order valence-electron chi connectivity index (χ0n) is 15.1. The summed E-state index contributed by atoms with van der Waals surface area (Å²) < 4.78 is 0. The highest BCUT2D eigenvalue weighted by Gasteiger charge is 2.30. The topological polar surface area (TPSA) is 77.9 Å². The molecule has 1 heterocycles. The molecule has 1 aromatic carbocycles. The van der Waals surface area contributed by atoms with Crippen molar-refractivity contribution in [1.82, 2.24) is 9.80 Å². The van der Waals surface area contributed by atoms with Crippen molar-refractivity contribution in [3.05, 3.63) is 35.4 Å². The van der Waals surface area contributed by atoms with Crippen molar-refractivity contribution in [2.24, 2.45) is 5.92 Å². The zero-order chi connectivity index (χ0) is 18.6. The highest BCUT2D eigenvalue weighted by atomic mass is 16.4. The van der Waals surface area contributed by atoms with E-state index in [1.165, 1.54) is 6.07 Å². The molecule has 136 valence electrons. The molecule has 6 nitrogen and oxygen atoms in total. The minimum Gasteiger partial charge on any atom is -0.478 e. The number of piperidine rings is 1. The number of carboxylic acids is 1. The Hall–Kier alpha value is -2.37. The number of aromatic carboxylic acids is 1. The fourth-order valence-corrected chi connectivity index (χ4v) is 3.08. The standard InChI is InChI=1S/C19H26N2O4/c1-13(2)20(3)18(23)14-8-10-21(11-9-14)17(22)12-15-6-4-5-7-16(15)19(24)25/h4-7,13-14H,8-12H2,1-3H3,(H,24,25). The Bertz CT molecular complexity index is 649. The lowest BCUT2D eigenvalue weighted by atomic mass is 9.94. The normalized spacial score (nSPS) is 15.3. The second kappa shape index (κ2) is 8.14. The number of hydrogen-bond acceptors (Lipinski definition) is 3. The lowest BCUT2D eigenvalue weighted by Crippen LogP contribution is -2.45. The van der Waals surface area contributed by atoms with Gasteiger partial charge in [0, 0.05) is 32.1 Å². The van der Waals surface area contributed by atoms with E-state index in [-0.39, 0.29) is 35.8 Å². The van der Waals surface area contributed by atoms with Gasteiger partial charge in [-0.05, 0) is 38.3 Å². The van der Waals surface area contributed by atoms with E-state index in [1.807, 2.05) is 20.9 Å². The van der Waals surface area contributed by atoms with Crippen LogP contribution in [-0.2, 0) is 16.0 Å². The maximum absolute atomic E-state index is 12.5. The van der Waals surface area contributed by atoms with Crippen molar-refractivity contribution < 1.29 is 19.5 Å². The Labute approximate surface area is 148 Å². The van der Waals surface area contributed by atoms with Crippen LogP contribution in [-0.4, -0.2) is 58.9 Å². The number of likely N-dealkylation sites (tertiary alicyclic amines) is 1. The molecule has 0 aliphatic carbocycles. The van der Waals surface area contributed by atoms with Crippen LogP contribution < -0.4 is 0 Å². The van der Waals surface area contributed by atoms with Gasteiger partial charge in [-0.15, -0.1) is 0 Å². The molecule has 2 amide bonds. The Morgan fingerprint density at radius 2 is 1.80 bits per heavy atom. The van der Waals surface area contributed by atoms with Crippen molar-refractivity contribution in [3.8, 4) is 0 Å². The number of rotatable bonds is 5. The first-order chi connectivity index (χ1) is 11.8. The van der Waals surface area contributed by atoms with Crippen molar-refractivity contribution in [2.75, 3.05) is 20.1 Å². The van der Waals surface area contributed by atoms with E-state index in [2.05, 4.69) is 0 Å². The number of amides is 2. The van der Waals surface area contributed by atoms with Gasteiger partial charge in [-0.25, -0.2) is 4.79 Å². The molecule has 0 bridgehead atoms. The minimum absolute atomic E-state index is 0.0391. The van der Waals surface area contributed by atoms with Gasteiger partial charge in [0.1, 0.15) is 0 Å². The van der Waals surface area contributed by atoms with Gasteiger partial charge in [-0.2, -0.15) is 0 Å². The van der Waals surface area contributed by atoms with Crippen LogP contribution in [0.3, 0.4) is 0 Å². The van der Waals surface area contributed by atoms with Gasteiger partial charge >= 0.3 is 5.97 Å². The Morgan fingerprint density at radius 3 is 2.36 bits per heavy atom. The molecular weight excluding hydrogens is 320 g/mol. The van der Waals surface area contributed by atoms with Crippen molar-refractivity contribution in [3.63, 3.8) is 0 Å². The molecule has 1 N–H and O–H groups in total. The molecule has 1 saturated heterocycles. The van der Waals surface area contributed by atoms with Crippen LogP contribution in [0.2, 0.25) is 0 Å². The molecule has 0 aromatic heterocycles. The van der Waals surface area contributed by atoms with Crippen molar-refractivity contribution >= 4 is 17.8 Å². The summed E-state index contributed by atoms with van der Waals surface area (Å²) in [6.45, 7) is 5.04. The monoisotopic (exact) mass is 346 g/mol. The summed E-state index contributed by atoms with van der Waals surface area (Å²) in [6, 6.07) is 6.74. The predicted octanol–water partition coefficient (Wildman–Crippen LogP) is 2.03. The third-order valence-electron chi connectivity index (χ3n) is 4.91. The molecule has 0 radical (unpaired) electrons. The molecule has 1 aliphatic heterocycles. The van der Waals surface area contributed by atoms with Crippen LogP contribution in [0.15, 0.2) is 24.3 Å². The summed E-state index contributed by atoms with van der Waals surface area (Å²) in [6.07, 6.45) is 1.39. The fraction of sp³-hybridized carbons (Fsp3) is 0.526. The van der Waals surface area contributed by atoms with Crippen LogP contribution in [0.1, 0.15) is 42.6 Å². The number of nitrogens with zero attached hydrogens (tertiary/aromatic N) is 2. The molecule has 1 aliphatic rings. The van der Waals surface area contributed by atoms with E-state index in [4.69, 9.17) is 0 Å². The molecule has 1 aromatic rings. The van der Waals surface area contributed by atoms with Crippen molar-refractivity contribution in [1.29, 1.82) is 0 Å². The van der Waals surface area contributed by atoms with E-state index in [1.54, 1.807) is 28.0 Å². The molecule has 2 rings (SSSR count). The van der Waals surface area contributed by atoms with Gasteiger partial charge in [0.25, 0.3) is 0 Å². The number of benzene rings is 1. The first-order valence-corrected chi connectivity index (χ1v) is 8.67. The van der Waals surface area contributed by atoms with E-state index in [0.29, 0.717) is 31.5 Å². The Morgan fingerprint density at radius 1 is 1.20 bits per heavy atom. The van der Waals surface area contributed by atoms with E-state index in [0.717, 1.165) is 0 Å². The van der Waals surface area contributed by atoms with E-state index in [9.17, 15) is 19.5 Å². The van der Waals surface area contributed by atoms with E-state index < -0.39 is 5.97 Å². The predicted molar refractivity (Wildman–Crippen MR) is 94.3 cm³/mol. The largest absolute Gasteiger partial charge is 0.478 e. The molecule has 6 heteroatoms. The lowest BCUT2D eigenvalue weighted by Gasteiger charge is -2.34. The number of carboxylic acid groups (broad SMARTS) is 1. The third kappa shape index (κ3) is 4.59. The highest BCUT2D eigenvalue weighted by Crippen LogP contribution is 2.21. The molecule has 1 fully saturated rings. The molecule has 0 saturated carbocycles. The average Bonchev–Trinajstić information content (AvgIpc) is 2.60. The molecule has 0 spiro atoms. The number of carbonyl (C=O) groups excluding carboxylic acids is 2. The van der Waals surface area contributed by atoms with E-state index >= 15 is 0 Å². The second-order valence-electron chi connectivity index (χ2n) is 6.84. The maximum atomic E-state index is 12.5. The summed E-state index contributed by atoms with van der Waals surface area (Å²) in [5.41, 5.74) is 0.692. The second-order valence-corrected chi connectivity index (χ2v) is 6.84. The summed E-state index contributed by atoms with van der Waals surface area (Å²) in [4.78, 5) is 39.6. The molecule has 0 unspecified atom stereocenters. The summed E-state index contributed by atoms with van der Waals surface area (Å²) in [5.74, 6) is -1.01. The Kier molecular flexibility index (Phi) is 6.17. The highest BCUT2D eigenvalue weighted by molar-refractivity contribution is 5.91. The van der Waals surface area contributed by atoms with Gasteiger partial charge in [-0.3, -0.25) is 9.59 Å². The van der Waals surface area contributed by atoms with Gasteiger partial charge in [-0.1, -0.05) is 18.2 Å². The zero-order valence-corrected chi connectivity index (χ0v) is 15.1. The number of carbonyl (C=O) groups is 3. The smallest absolute Gasteiger partial charge is 0.335 e. The third-order valence-corrected chi connectivity index (χ3v) is 4.91. The van der Waals surface area contributed by atoms with Crippen LogP contribution in [0.4, 0.5) is 0 Å². The van der Waals surface area contributed by atoms with Gasteiger partial charge in [0.15, 0.2) is 0 Å². The molecule has 25 heavy (non-hydrogen) atoms. The summed E-state index contributed by atoms with van der Waals surface area (Å²) in [7, 11) is 1.81. The quantitative estimate of drug-likeness (QED) is 0.885. The van der Waals surface area contributed by atoms with Crippen LogP contribution in [0, 0.1) is 5.92 Å². The first kappa shape index (κ1) is 19.0. The van der Waals surface area contributed by atoms with Crippen LogP contribution in [0.25, 0.3) is 0 Å². The average molecular weight is 346 g/mol. The SMILES string of the molecule is CC(C)N(C)C(=O)C1CCN(C(=O)Cc2ccccc2C(=O)O)CC1. The Balaban J connectivity index is 1.94. The maximum Gasteiger partial charge on any atom is 0.335 e. The first-order valence-electron chi connectivity index (χ1n) is 8.67. The molecular formula is C19H26N2O4. The van der Waals surface area contributed by atoms with Gasteiger partial charge in [0.2, 0.25) is 11.8 Å². The minimum atomic E-state index is -1.02. The van der Waals surface area contributed by atoms with Gasteiger partial charge < -0.3 is 14.9 Å². The fourth-order valence-electron chi connectivity index (χ4n) is 3.08.